The second-order valence-electron chi connectivity index (χ2n) is 4.46. The summed E-state index contributed by atoms with van der Waals surface area (Å²) in [7, 11) is 0. The van der Waals surface area contributed by atoms with E-state index in [1.165, 1.54) is 12.8 Å². The predicted octanol–water partition coefficient (Wildman–Crippen LogP) is 3.17. The summed E-state index contributed by atoms with van der Waals surface area (Å²) in [5.41, 5.74) is 3.93. The molecule has 16 heavy (non-hydrogen) atoms. The van der Waals surface area contributed by atoms with Crippen molar-refractivity contribution in [1.82, 2.24) is 5.43 Å². The first kappa shape index (κ1) is 12.2. The van der Waals surface area contributed by atoms with Crippen molar-refractivity contribution in [3.05, 3.63) is 33.8 Å². The van der Waals surface area contributed by atoms with Crippen LogP contribution in [-0.4, -0.2) is 6.04 Å². The summed E-state index contributed by atoms with van der Waals surface area (Å²) in [6, 6.07) is 6.03. The van der Waals surface area contributed by atoms with E-state index in [1.807, 2.05) is 12.1 Å². The molecule has 1 saturated carbocycles. The summed E-state index contributed by atoms with van der Waals surface area (Å²) in [5, 5.41) is 1.27. The van der Waals surface area contributed by atoms with Crippen molar-refractivity contribution in [2.75, 3.05) is 0 Å². The Morgan fingerprint density at radius 3 is 2.75 bits per heavy atom. The molecule has 2 nitrogen and oxygen atoms in total. The summed E-state index contributed by atoms with van der Waals surface area (Å²) < 4.78 is 0. The third-order valence-corrected chi connectivity index (χ3v) is 3.91. The molecular weight excluding hydrogens is 243 g/mol. The molecule has 0 aliphatic heterocycles. The van der Waals surface area contributed by atoms with Crippen molar-refractivity contribution in [1.29, 1.82) is 0 Å². The minimum atomic E-state index is 0.295. The van der Waals surface area contributed by atoms with Gasteiger partial charge in [-0.05, 0) is 30.4 Å². The zero-order valence-corrected chi connectivity index (χ0v) is 10.6. The normalized spacial score (nSPS) is 17.4. The van der Waals surface area contributed by atoms with Crippen molar-refractivity contribution in [2.45, 2.75) is 31.7 Å². The van der Waals surface area contributed by atoms with E-state index in [2.05, 4.69) is 5.43 Å². The highest BCUT2D eigenvalue weighted by molar-refractivity contribution is 6.42. The quantitative estimate of drug-likeness (QED) is 0.629. The molecule has 4 heteroatoms. The van der Waals surface area contributed by atoms with Crippen LogP contribution in [0, 0.1) is 5.92 Å². The van der Waals surface area contributed by atoms with E-state index >= 15 is 0 Å². The molecule has 3 N–H and O–H groups in total. The van der Waals surface area contributed by atoms with Crippen LogP contribution in [0.5, 0.6) is 0 Å². The average Bonchev–Trinajstić information content (AvgIpc) is 3.07. The van der Waals surface area contributed by atoms with Gasteiger partial charge in [0.05, 0.1) is 10.0 Å². The zero-order valence-electron chi connectivity index (χ0n) is 9.05. The molecule has 1 atom stereocenters. The fourth-order valence-corrected chi connectivity index (χ4v) is 2.34. The van der Waals surface area contributed by atoms with E-state index < -0.39 is 0 Å². The van der Waals surface area contributed by atoms with Crippen molar-refractivity contribution in [3.63, 3.8) is 0 Å². The van der Waals surface area contributed by atoms with E-state index in [-0.39, 0.29) is 0 Å². The van der Waals surface area contributed by atoms with Crippen LogP contribution in [0.15, 0.2) is 18.2 Å². The monoisotopic (exact) mass is 258 g/mol. The molecule has 0 aromatic heterocycles. The summed E-state index contributed by atoms with van der Waals surface area (Å²) >= 11 is 12.1. The molecule has 2 rings (SSSR count). The number of hydrazine groups is 1. The van der Waals surface area contributed by atoms with Gasteiger partial charge < -0.3 is 0 Å². The van der Waals surface area contributed by atoms with Gasteiger partial charge in [0, 0.05) is 6.04 Å². The first-order valence-electron chi connectivity index (χ1n) is 5.59. The van der Waals surface area contributed by atoms with Gasteiger partial charge in [0.2, 0.25) is 0 Å². The van der Waals surface area contributed by atoms with E-state index in [1.54, 1.807) is 6.07 Å². The van der Waals surface area contributed by atoms with Crippen LogP contribution in [0.25, 0.3) is 0 Å². The highest BCUT2D eigenvalue weighted by Gasteiger charge is 2.25. The van der Waals surface area contributed by atoms with E-state index in [4.69, 9.17) is 29.0 Å². The predicted molar refractivity (Wildman–Crippen MR) is 68.6 cm³/mol. The molecule has 0 radical (unpaired) electrons. The number of nitrogens with one attached hydrogen (secondary N) is 1. The number of hydrogen-bond acceptors (Lipinski definition) is 2. The molecule has 1 fully saturated rings. The minimum Gasteiger partial charge on any atom is -0.271 e. The molecule has 1 aliphatic rings. The Bertz CT molecular complexity index is 364. The Hall–Kier alpha value is -0.280. The van der Waals surface area contributed by atoms with Crippen LogP contribution >= 0.6 is 23.2 Å². The Morgan fingerprint density at radius 1 is 1.38 bits per heavy atom. The Morgan fingerprint density at radius 2 is 2.12 bits per heavy atom. The lowest BCUT2D eigenvalue weighted by atomic mass is 10.0. The van der Waals surface area contributed by atoms with Crippen LogP contribution in [0.3, 0.4) is 0 Å². The second kappa shape index (κ2) is 5.37. The minimum absolute atomic E-state index is 0.295. The van der Waals surface area contributed by atoms with Crippen LogP contribution in [0.1, 0.15) is 24.8 Å². The van der Waals surface area contributed by atoms with Gasteiger partial charge in [0.1, 0.15) is 0 Å². The van der Waals surface area contributed by atoms with Gasteiger partial charge in [-0.15, -0.1) is 0 Å². The average molecular weight is 259 g/mol. The largest absolute Gasteiger partial charge is 0.271 e. The van der Waals surface area contributed by atoms with Crippen LogP contribution in [0.4, 0.5) is 0 Å². The molecule has 0 saturated heterocycles. The van der Waals surface area contributed by atoms with Crippen LogP contribution in [0.2, 0.25) is 10.0 Å². The standard InChI is InChI=1S/C12H16Cl2N2/c13-11-3-1-2-9(12(11)14)7-10(16-15)6-8-4-5-8/h1-3,8,10,16H,4-7,15H2. The zero-order chi connectivity index (χ0) is 11.5. The second-order valence-corrected chi connectivity index (χ2v) is 5.24. The molecule has 1 aliphatic carbocycles. The van der Waals surface area contributed by atoms with Gasteiger partial charge >= 0.3 is 0 Å². The molecule has 0 heterocycles. The van der Waals surface area contributed by atoms with Gasteiger partial charge in [-0.3, -0.25) is 11.3 Å². The van der Waals surface area contributed by atoms with Gasteiger partial charge in [-0.25, -0.2) is 0 Å². The van der Waals surface area contributed by atoms with E-state index in [0.717, 1.165) is 24.3 Å². The molecule has 1 aromatic carbocycles. The molecule has 1 aromatic rings. The summed E-state index contributed by atoms with van der Waals surface area (Å²) in [6.07, 6.45) is 4.63. The molecule has 0 amide bonds. The summed E-state index contributed by atoms with van der Waals surface area (Å²) in [6.45, 7) is 0. The van der Waals surface area contributed by atoms with Crippen molar-refractivity contribution in [2.24, 2.45) is 11.8 Å². The lowest BCUT2D eigenvalue weighted by Gasteiger charge is -2.16. The molecule has 0 bridgehead atoms. The number of halogens is 2. The highest BCUT2D eigenvalue weighted by atomic mass is 35.5. The van der Waals surface area contributed by atoms with Gasteiger partial charge in [-0.1, -0.05) is 48.2 Å². The summed E-state index contributed by atoms with van der Waals surface area (Å²) in [5.74, 6) is 6.41. The third kappa shape index (κ3) is 3.11. The van der Waals surface area contributed by atoms with Crippen molar-refractivity contribution < 1.29 is 0 Å². The van der Waals surface area contributed by atoms with Gasteiger partial charge in [0.25, 0.3) is 0 Å². The Labute approximate surface area is 106 Å². The van der Waals surface area contributed by atoms with Crippen molar-refractivity contribution in [3.8, 4) is 0 Å². The number of benzene rings is 1. The Balaban J connectivity index is 2.02. The maximum Gasteiger partial charge on any atom is 0.0624 e. The molecular formula is C12H16Cl2N2. The fraction of sp³-hybridized carbons (Fsp3) is 0.500. The van der Waals surface area contributed by atoms with E-state index in [0.29, 0.717) is 16.1 Å². The number of hydrogen-bond donors (Lipinski definition) is 2. The molecule has 88 valence electrons. The SMILES string of the molecule is NNC(Cc1cccc(Cl)c1Cl)CC1CC1. The lowest BCUT2D eigenvalue weighted by molar-refractivity contribution is 0.466. The number of rotatable bonds is 5. The Kier molecular flexibility index (Phi) is 4.09. The first-order valence-corrected chi connectivity index (χ1v) is 6.35. The summed E-state index contributed by atoms with van der Waals surface area (Å²) in [4.78, 5) is 0. The van der Waals surface area contributed by atoms with E-state index in [9.17, 15) is 0 Å². The van der Waals surface area contributed by atoms with Crippen LogP contribution in [-0.2, 0) is 6.42 Å². The highest BCUT2D eigenvalue weighted by Crippen LogP contribution is 2.34. The maximum absolute atomic E-state index is 6.15. The molecule has 0 spiro atoms. The maximum atomic E-state index is 6.15. The smallest absolute Gasteiger partial charge is 0.0624 e. The lowest BCUT2D eigenvalue weighted by Crippen LogP contribution is -2.37. The van der Waals surface area contributed by atoms with Crippen molar-refractivity contribution >= 4 is 23.2 Å². The van der Waals surface area contributed by atoms with Gasteiger partial charge in [-0.2, -0.15) is 0 Å². The van der Waals surface area contributed by atoms with Crippen LogP contribution < -0.4 is 11.3 Å². The van der Waals surface area contributed by atoms with Gasteiger partial charge in [0.15, 0.2) is 0 Å². The molecule has 1 unspecified atom stereocenters. The topological polar surface area (TPSA) is 38.0 Å². The first-order chi connectivity index (χ1) is 7.70. The third-order valence-electron chi connectivity index (χ3n) is 3.05. The fourth-order valence-electron chi connectivity index (χ4n) is 1.94. The number of nitrogens with two attached hydrogens (primary N) is 1.